The summed E-state index contributed by atoms with van der Waals surface area (Å²) >= 11 is 0. The Morgan fingerprint density at radius 3 is 2.88 bits per heavy atom. The highest BCUT2D eigenvalue weighted by Gasteiger charge is 2.13. The molecule has 2 aromatic rings. The molecule has 0 aliphatic carbocycles. The van der Waals surface area contributed by atoms with Crippen LogP contribution in [-0.4, -0.2) is 20.4 Å². The topological polar surface area (TPSA) is 79.4 Å². The van der Waals surface area contributed by atoms with Gasteiger partial charge in [-0.1, -0.05) is 18.5 Å². The molecular formula is C12H14N2O3. The molecule has 1 aromatic carbocycles. The number of unbranched alkanes of at least 4 members (excludes halogenated alkanes) is 1. The van der Waals surface area contributed by atoms with E-state index in [9.17, 15) is 10.2 Å². The van der Waals surface area contributed by atoms with E-state index < -0.39 is 0 Å². The van der Waals surface area contributed by atoms with E-state index in [0.717, 1.165) is 19.3 Å². The number of hydrogen-bond acceptors (Lipinski definition) is 5. The number of hydrogen-bond donors (Lipinski definition) is 2. The molecule has 0 atom stereocenters. The van der Waals surface area contributed by atoms with Gasteiger partial charge in [-0.05, 0) is 24.6 Å². The summed E-state index contributed by atoms with van der Waals surface area (Å²) in [6, 6.07) is 4.18. The lowest BCUT2D eigenvalue weighted by atomic mass is 10.2. The van der Waals surface area contributed by atoms with E-state index in [1.165, 1.54) is 18.2 Å². The van der Waals surface area contributed by atoms with Crippen molar-refractivity contribution < 1.29 is 14.7 Å². The number of nitrogens with zero attached hydrogens (tertiary/aromatic N) is 2. The number of phenolic OH excluding ortho intramolecular Hbond substituents is 2. The smallest absolute Gasteiger partial charge is 0.261 e. The van der Waals surface area contributed by atoms with Crippen LogP contribution in [0.1, 0.15) is 25.6 Å². The third-order valence-corrected chi connectivity index (χ3v) is 2.43. The maximum atomic E-state index is 9.63. The van der Waals surface area contributed by atoms with Crippen LogP contribution < -0.4 is 0 Å². The Balaban J connectivity index is 2.27. The van der Waals surface area contributed by atoms with Crippen LogP contribution in [0.2, 0.25) is 0 Å². The molecule has 0 amide bonds. The fourth-order valence-electron chi connectivity index (χ4n) is 1.50. The first-order valence-corrected chi connectivity index (χ1v) is 5.55. The van der Waals surface area contributed by atoms with Crippen molar-refractivity contribution in [2.75, 3.05) is 0 Å². The summed E-state index contributed by atoms with van der Waals surface area (Å²) in [6.07, 6.45) is 2.80. The molecule has 0 saturated heterocycles. The first-order valence-electron chi connectivity index (χ1n) is 5.55. The van der Waals surface area contributed by atoms with Gasteiger partial charge in [0, 0.05) is 6.42 Å². The average Bonchev–Trinajstić information content (AvgIpc) is 2.78. The lowest BCUT2D eigenvalue weighted by Gasteiger charge is -1.99. The second-order valence-corrected chi connectivity index (χ2v) is 3.82. The van der Waals surface area contributed by atoms with Crippen LogP contribution in [0.4, 0.5) is 0 Å². The molecule has 5 nitrogen and oxygen atoms in total. The number of benzene rings is 1. The van der Waals surface area contributed by atoms with Gasteiger partial charge in [-0.2, -0.15) is 4.98 Å². The number of phenols is 2. The van der Waals surface area contributed by atoms with Gasteiger partial charge >= 0.3 is 0 Å². The Hall–Kier alpha value is -2.04. The second kappa shape index (κ2) is 4.86. The highest BCUT2D eigenvalue weighted by atomic mass is 16.5. The molecule has 0 unspecified atom stereocenters. The van der Waals surface area contributed by atoms with Gasteiger partial charge in [0.25, 0.3) is 5.89 Å². The molecule has 0 radical (unpaired) electrons. The van der Waals surface area contributed by atoms with E-state index in [2.05, 4.69) is 17.1 Å². The van der Waals surface area contributed by atoms with Crippen molar-refractivity contribution in [1.82, 2.24) is 10.1 Å². The minimum atomic E-state index is 0.00786. The summed E-state index contributed by atoms with van der Waals surface area (Å²) in [5.74, 6) is 0.897. The van der Waals surface area contributed by atoms with Crippen LogP contribution in [0, 0.1) is 0 Å². The lowest BCUT2D eigenvalue weighted by molar-refractivity contribution is 0.415. The molecule has 0 aliphatic rings. The molecule has 2 N–H and O–H groups in total. The van der Waals surface area contributed by atoms with Crippen LogP contribution >= 0.6 is 0 Å². The maximum absolute atomic E-state index is 9.63. The highest BCUT2D eigenvalue weighted by Crippen LogP contribution is 2.30. The average molecular weight is 234 g/mol. The van der Waals surface area contributed by atoms with Crippen molar-refractivity contribution in [2.24, 2.45) is 0 Å². The first-order chi connectivity index (χ1) is 8.20. The van der Waals surface area contributed by atoms with Crippen molar-refractivity contribution in [3.63, 3.8) is 0 Å². The Morgan fingerprint density at radius 1 is 1.29 bits per heavy atom. The SMILES string of the molecule is CCCCc1noc(-c2cc(O)ccc2O)n1. The van der Waals surface area contributed by atoms with Crippen LogP contribution in [0.5, 0.6) is 11.5 Å². The van der Waals surface area contributed by atoms with Gasteiger partial charge in [0.05, 0.1) is 5.56 Å². The van der Waals surface area contributed by atoms with Crippen molar-refractivity contribution in [2.45, 2.75) is 26.2 Å². The fourth-order valence-corrected chi connectivity index (χ4v) is 1.50. The molecule has 1 heterocycles. The van der Waals surface area contributed by atoms with Crippen LogP contribution in [0.15, 0.2) is 22.7 Å². The Kier molecular flexibility index (Phi) is 3.27. The van der Waals surface area contributed by atoms with Gasteiger partial charge in [-0.3, -0.25) is 0 Å². The molecule has 0 fully saturated rings. The van der Waals surface area contributed by atoms with E-state index in [4.69, 9.17) is 4.52 Å². The van der Waals surface area contributed by atoms with Gasteiger partial charge in [0.1, 0.15) is 11.5 Å². The zero-order valence-corrected chi connectivity index (χ0v) is 9.55. The third kappa shape index (κ3) is 2.55. The maximum Gasteiger partial charge on any atom is 0.261 e. The van der Waals surface area contributed by atoms with Gasteiger partial charge in [0.15, 0.2) is 5.82 Å². The summed E-state index contributed by atoms with van der Waals surface area (Å²) < 4.78 is 5.05. The Bertz CT molecular complexity index is 508. The normalized spacial score (nSPS) is 10.6. The summed E-state index contributed by atoms with van der Waals surface area (Å²) in [7, 11) is 0. The van der Waals surface area contributed by atoms with E-state index >= 15 is 0 Å². The summed E-state index contributed by atoms with van der Waals surface area (Å²) in [4.78, 5) is 4.17. The van der Waals surface area contributed by atoms with Crippen LogP contribution in [-0.2, 0) is 6.42 Å². The van der Waals surface area contributed by atoms with Crippen molar-refractivity contribution in [1.29, 1.82) is 0 Å². The van der Waals surface area contributed by atoms with E-state index in [0.29, 0.717) is 11.4 Å². The fraction of sp³-hybridized carbons (Fsp3) is 0.333. The Labute approximate surface area is 98.7 Å². The number of aromatic hydroxyl groups is 2. The predicted molar refractivity (Wildman–Crippen MR) is 61.7 cm³/mol. The Morgan fingerprint density at radius 2 is 2.12 bits per heavy atom. The monoisotopic (exact) mass is 234 g/mol. The number of aromatic nitrogens is 2. The van der Waals surface area contributed by atoms with Crippen LogP contribution in [0.25, 0.3) is 11.5 Å². The standard InChI is InChI=1S/C12H14N2O3/c1-2-3-4-11-13-12(17-14-11)9-7-8(15)5-6-10(9)16/h5-7,15-16H,2-4H2,1H3. The predicted octanol–water partition coefficient (Wildman–Crippen LogP) is 2.49. The molecule has 90 valence electrons. The molecule has 0 aliphatic heterocycles. The van der Waals surface area contributed by atoms with Gasteiger partial charge in [-0.25, -0.2) is 0 Å². The minimum Gasteiger partial charge on any atom is -0.508 e. The lowest BCUT2D eigenvalue weighted by Crippen LogP contribution is -1.87. The van der Waals surface area contributed by atoms with Crippen molar-refractivity contribution in [3.05, 3.63) is 24.0 Å². The van der Waals surface area contributed by atoms with Gasteiger partial charge < -0.3 is 14.7 Å². The number of aryl methyl sites for hydroxylation is 1. The zero-order chi connectivity index (χ0) is 12.3. The van der Waals surface area contributed by atoms with Crippen LogP contribution in [0.3, 0.4) is 0 Å². The molecule has 5 heteroatoms. The largest absolute Gasteiger partial charge is 0.508 e. The highest BCUT2D eigenvalue weighted by molar-refractivity contribution is 5.64. The quantitative estimate of drug-likeness (QED) is 0.794. The third-order valence-electron chi connectivity index (χ3n) is 2.43. The zero-order valence-electron chi connectivity index (χ0n) is 9.55. The molecule has 2 rings (SSSR count). The summed E-state index contributed by atoms with van der Waals surface area (Å²) in [5.41, 5.74) is 0.347. The van der Waals surface area contributed by atoms with E-state index in [-0.39, 0.29) is 17.4 Å². The van der Waals surface area contributed by atoms with Gasteiger partial charge in [-0.15, -0.1) is 0 Å². The molecule has 17 heavy (non-hydrogen) atoms. The number of rotatable bonds is 4. The second-order valence-electron chi connectivity index (χ2n) is 3.82. The van der Waals surface area contributed by atoms with Crippen molar-refractivity contribution >= 4 is 0 Å². The molecule has 0 bridgehead atoms. The van der Waals surface area contributed by atoms with Gasteiger partial charge in [0.2, 0.25) is 0 Å². The summed E-state index contributed by atoms with van der Waals surface area (Å²) in [5, 5.41) is 22.8. The molecule has 0 spiro atoms. The molecule has 1 aromatic heterocycles. The first kappa shape index (κ1) is 11.4. The summed E-state index contributed by atoms with van der Waals surface area (Å²) in [6.45, 7) is 2.09. The molecule has 0 saturated carbocycles. The van der Waals surface area contributed by atoms with Crippen molar-refractivity contribution in [3.8, 4) is 23.0 Å². The molecular weight excluding hydrogens is 220 g/mol. The van der Waals surface area contributed by atoms with E-state index in [1.807, 2.05) is 0 Å². The minimum absolute atomic E-state index is 0.00786. The van der Waals surface area contributed by atoms with E-state index in [1.54, 1.807) is 0 Å².